The van der Waals surface area contributed by atoms with E-state index in [0.717, 1.165) is 21.4 Å². The van der Waals surface area contributed by atoms with Gasteiger partial charge in [-0.05, 0) is 35.7 Å². The Kier molecular flexibility index (Phi) is 3.50. The summed E-state index contributed by atoms with van der Waals surface area (Å²) in [5, 5.41) is 4.26. The van der Waals surface area contributed by atoms with Gasteiger partial charge in [0.05, 0.1) is 21.9 Å². The lowest BCUT2D eigenvalue weighted by Gasteiger charge is -2.13. The van der Waals surface area contributed by atoms with Crippen LogP contribution >= 0.6 is 15.9 Å². The molecule has 0 bridgehead atoms. The van der Waals surface area contributed by atoms with Crippen LogP contribution in [-0.2, 0) is 7.05 Å². The van der Waals surface area contributed by atoms with Crippen molar-refractivity contribution in [3.05, 3.63) is 22.1 Å². The van der Waals surface area contributed by atoms with E-state index in [9.17, 15) is 0 Å². The van der Waals surface area contributed by atoms with Gasteiger partial charge in [0.1, 0.15) is 5.82 Å². The summed E-state index contributed by atoms with van der Waals surface area (Å²) < 4.78 is 2.68. The standard InChI is InChI=1S/C14H18BrN5/c1-8-10(7-17-20(8)2)14-18-12(9-5-3-4-6-9)11(15)13(16)19-14/h7,9H,3-6H2,1-2H3,(H2,16,18,19). The Balaban J connectivity index is 2.10. The monoisotopic (exact) mass is 335 g/mol. The van der Waals surface area contributed by atoms with Crippen molar-refractivity contribution in [1.29, 1.82) is 0 Å². The molecule has 0 spiro atoms. The highest BCUT2D eigenvalue weighted by molar-refractivity contribution is 9.10. The molecule has 3 rings (SSSR count). The van der Waals surface area contributed by atoms with Gasteiger partial charge in [-0.15, -0.1) is 0 Å². The molecule has 2 N–H and O–H groups in total. The minimum absolute atomic E-state index is 0.491. The fourth-order valence-electron chi connectivity index (χ4n) is 2.79. The van der Waals surface area contributed by atoms with Crippen LogP contribution in [0.2, 0.25) is 0 Å². The lowest BCUT2D eigenvalue weighted by Crippen LogP contribution is -2.06. The second-order valence-electron chi connectivity index (χ2n) is 5.38. The first-order valence-electron chi connectivity index (χ1n) is 6.89. The van der Waals surface area contributed by atoms with Crippen LogP contribution in [0.5, 0.6) is 0 Å². The first-order valence-corrected chi connectivity index (χ1v) is 7.69. The second kappa shape index (κ2) is 5.16. The number of hydrogen-bond donors (Lipinski definition) is 1. The zero-order valence-corrected chi connectivity index (χ0v) is 13.3. The lowest BCUT2D eigenvalue weighted by molar-refractivity contribution is 0.691. The first kappa shape index (κ1) is 13.5. The van der Waals surface area contributed by atoms with E-state index in [0.29, 0.717) is 17.6 Å². The molecule has 1 aliphatic carbocycles. The molecule has 20 heavy (non-hydrogen) atoms. The predicted octanol–water partition coefficient (Wildman–Crippen LogP) is 3.19. The fourth-order valence-corrected chi connectivity index (χ4v) is 3.29. The lowest BCUT2D eigenvalue weighted by atomic mass is 10.0. The van der Waals surface area contributed by atoms with E-state index in [1.165, 1.54) is 25.7 Å². The van der Waals surface area contributed by atoms with Crippen LogP contribution < -0.4 is 5.73 Å². The number of nitrogen functional groups attached to an aromatic ring is 1. The third kappa shape index (κ3) is 2.22. The van der Waals surface area contributed by atoms with Crippen LogP contribution in [-0.4, -0.2) is 19.7 Å². The van der Waals surface area contributed by atoms with Crippen molar-refractivity contribution in [2.24, 2.45) is 7.05 Å². The van der Waals surface area contributed by atoms with Crippen molar-refractivity contribution in [3.8, 4) is 11.4 Å². The van der Waals surface area contributed by atoms with Gasteiger partial charge in [0.2, 0.25) is 0 Å². The Bertz CT molecular complexity index is 643. The van der Waals surface area contributed by atoms with Gasteiger partial charge in [-0.25, -0.2) is 9.97 Å². The van der Waals surface area contributed by atoms with Crippen LogP contribution in [0.15, 0.2) is 10.7 Å². The summed E-state index contributed by atoms with van der Waals surface area (Å²) >= 11 is 3.55. The highest BCUT2D eigenvalue weighted by Crippen LogP contribution is 2.39. The van der Waals surface area contributed by atoms with E-state index >= 15 is 0 Å². The van der Waals surface area contributed by atoms with Gasteiger partial charge in [-0.2, -0.15) is 5.10 Å². The summed E-state index contributed by atoms with van der Waals surface area (Å²) in [7, 11) is 1.92. The average molecular weight is 336 g/mol. The Morgan fingerprint density at radius 3 is 2.60 bits per heavy atom. The van der Waals surface area contributed by atoms with Crippen LogP contribution in [0.25, 0.3) is 11.4 Å². The number of aromatic nitrogens is 4. The predicted molar refractivity (Wildman–Crippen MR) is 82.3 cm³/mol. The molecule has 0 radical (unpaired) electrons. The smallest absolute Gasteiger partial charge is 0.165 e. The molecule has 0 unspecified atom stereocenters. The van der Waals surface area contributed by atoms with E-state index in [-0.39, 0.29) is 0 Å². The number of anilines is 1. The molecule has 0 aliphatic heterocycles. The maximum atomic E-state index is 6.06. The molecule has 106 valence electrons. The third-order valence-corrected chi connectivity index (χ3v) is 4.93. The summed E-state index contributed by atoms with van der Waals surface area (Å²) in [4.78, 5) is 9.18. The number of nitrogens with two attached hydrogens (primary N) is 1. The van der Waals surface area contributed by atoms with E-state index in [1.807, 2.05) is 18.7 Å². The van der Waals surface area contributed by atoms with Crippen LogP contribution in [0.1, 0.15) is 43.0 Å². The molecule has 0 amide bonds. The zero-order chi connectivity index (χ0) is 14.3. The Morgan fingerprint density at radius 1 is 1.30 bits per heavy atom. The zero-order valence-electron chi connectivity index (χ0n) is 11.7. The Labute approximate surface area is 126 Å². The van der Waals surface area contributed by atoms with Crippen molar-refractivity contribution < 1.29 is 0 Å². The van der Waals surface area contributed by atoms with Gasteiger partial charge in [0.25, 0.3) is 0 Å². The number of halogens is 1. The summed E-state index contributed by atoms with van der Waals surface area (Å²) in [6, 6.07) is 0. The average Bonchev–Trinajstić information content (AvgIpc) is 3.05. The molecule has 6 heteroatoms. The minimum Gasteiger partial charge on any atom is -0.383 e. The molecule has 2 aromatic rings. The van der Waals surface area contributed by atoms with Crippen LogP contribution in [0.3, 0.4) is 0 Å². The second-order valence-corrected chi connectivity index (χ2v) is 6.17. The molecular weight excluding hydrogens is 318 g/mol. The maximum absolute atomic E-state index is 6.06. The first-order chi connectivity index (χ1) is 9.58. The quantitative estimate of drug-likeness (QED) is 0.914. The normalized spacial score (nSPS) is 15.9. The van der Waals surface area contributed by atoms with Gasteiger partial charge >= 0.3 is 0 Å². The van der Waals surface area contributed by atoms with Crippen molar-refractivity contribution in [1.82, 2.24) is 19.7 Å². The summed E-state index contributed by atoms with van der Waals surface area (Å²) in [5.41, 5.74) is 9.10. The van der Waals surface area contributed by atoms with Gasteiger partial charge in [0, 0.05) is 18.7 Å². The summed E-state index contributed by atoms with van der Waals surface area (Å²) in [6.45, 7) is 2.01. The van der Waals surface area contributed by atoms with Crippen LogP contribution in [0, 0.1) is 6.92 Å². The summed E-state index contributed by atoms with van der Waals surface area (Å²) in [5.74, 6) is 1.68. The molecule has 2 aromatic heterocycles. The summed E-state index contributed by atoms with van der Waals surface area (Å²) in [6.07, 6.45) is 6.70. The number of aryl methyl sites for hydroxylation is 1. The highest BCUT2D eigenvalue weighted by atomic mass is 79.9. The number of nitrogens with zero attached hydrogens (tertiary/aromatic N) is 4. The number of rotatable bonds is 2. The molecule has 0 aromatic carbocycles. The van der Waals surface area contributed by atoms with Gasteiger partial charge < -0.3 is 5.73 Å². The van der Waals surface area contributed by atoms with Crippen molar-refractivity contribution >= 4 is 21.7 Å². The molecule has 5 nitrogen and oxygen atoms in total. The molecule has 2 heterocycles. The molecule has 1 saturated carbocycles. The molecule has 1 aliphatic rings. The van der Waals surface area contributed by atoms with Gasteiger partial charge in [-0.1, -0.05) is 12.8 Å². The minimum atomic E-state index is 0.491. The van der Waals surface area contributed by atoms with Gasteiger partial charge in [0.15, 0.2) is 5.82 Å². The largest absolute Gasteiger partial charge is 0.383 e. The third-order valence-electron chi connectivity index (χ3n) is 4.12. The maximum Gasteiger partial charge on any atom is 0.165 e. The van der Waals surface area contributed by atoms with E-state index < -0.39 is 0 Å². The fraction of sp³-hybridized carbons (Fsp3) is 0.500. The Morgan fingerprint density at radius 2 is 2.00 bits per heavy atom. The van der Waals surface area contributed by atoms with Crippen molar-refractivity contribution in [2.75, 3.05) is 5.73 Å². The van der Waals surface area contributed by atoms with E-state index in [2.05, 4.69) is 26.0 Å². The topological polar surface area (TPSA) is 69.6 Å². The molecular formula is C14H18BrN5. The van der Waals surface area contributed by atoms with Gasteiger partial charge in [-0.3, -0.25) is 4.68 Å². The van der Waals surface area contributed by atoms with Crippen molar-refractivity contribution in [3.63, 3.8) is 0 Å². The van der Waals surface area contributed by atoms with E-state index in [4.69, 9.17) is 10.7 Å². The highest BCUT2D eigenvalue weighted by Gasteiger charge is 2.24. The Hall–Kier alpha value is -1.43. The molecule has 0 saturated heterocycles. The van der Waals surface area contributed by atoms with E-state index in [1.54, 1.807) is 6.20 Å². The van der Waals surface area contributed by atoms with Crippen LogP contribution in [0.4, 0.5) is 5.82 Å². The SMILES string of the molecule is Cc1c(-c2nc(N)c(Br)c(C3CCCC3)n2)cnn1C. The molecule has 0 atom stereocenters. The molecule has 1 fully saturated rings. The number of hydrogen-bond acceptors (Lipinski definition) is 4. The van der Waals surface area contributed by atoms with Crippen molar-refractivity contribution in [2.45, 2.75) is 38.5 Å².